The molecule has 0 unspecified atom stereocenters. The zero-order chi connectivity index (χ0) is 17.3. The molecule has 2 aromatic rings. The summed E-state index contributed by atoms with van der Waals surface area (Å²) < 4.78 is 0. The molecular weight excluding hydrogens is 328 g/mol. The number of imidazole rings is 1. The molecular formula is C20H30N4S. The van der Waals surface area contributed by atoms with Gasteiger partial charge in [-0.1, -0.05) is 24.3 Å². The number of hydrogen-bond donors (Lipinski definition) is 2. The highest BCUT2D eigenvalue weighted by atomic mass is 32.2. The molecule has 0 spiro atoms. The largest absolute Gasteiger partial charge is 0.348 e. The van der Waals surface area contributed by atoms with Crippen molar-refractivity contribution in [2.24, 2.45) is 11.7 Å². The van der Waals surface area contributed by atoms with Crippen LogP contribution in [0.1, 0.15) is 36.2 Å². The summed E-state index contributed by atoms with van der Waals surface area (Å²) in [5.41, 5.74) is 8.39. The van der Waals surface area contributed by atoms with Crippen molar-refractivity contribution in [2.75, 3.05) is 31.9 Å². The Morgan fingerprint density at radius 2 is 1.92 bits per heavy atom. The van der Waals surface area contributed by atoms with E-state index in [1.807, 2.05) is 18.0 Å². The molecule has 1 aliphatic heterocycles. The molecule has 4 nitrogen and oxygen atoms in total. The van der Waals surface area contributed by atoms with Gasteiger partial charge in [0.05, 0.1) is 0 Å². The SMILES string of the molecule is NCCC1CCN(CCSCc2ccc(Cc3ncc[nH]3)cc2)CC1. The highest BCUT2D eigenvalue weighted by molar-refractivity contribution is 7.98. The van der Waals surface area contributed by atoms with Crippen molar-refractivity contribution in [3.8, 4) is 0 Å². The smallest absolute Gasteiger partial charge is 0.110 e. The van der Waals surface area contributed by atoms with Crippen LogP contribution >= 0.6 is 11.8 Å². The second-order valence-corrected chi connectivity index (χ2v) is 8.05. The van der Waals surface area contributed by atoms with Crippen LogP contribution in [-0.2, 0) is 12.2 Å². The van der Waals surface area contributed by atoms with Crippen LogP contribution in [0.15, 0.2) is 36.7 Å². The van der Waals surface area contributed by atoms with Gasteiger partial charge in [0, 0.05) is 36.9 Å². The molecule has 0 bridgehead atoms. The van der Waals surface area contributed by atoms with Gasteiger partial charge in [-0.25, -0.2) is 4.98 Å². The van der Waals surface area contributed by atoms with Gasteiger partial charge in [-0.3, -0.25) is 0 Å². The van der Waals surface area contributed by atoms with E-state index in [9.17, 15) is 0 Å². The Hall–Kier alpha value is -1.30. The maximum Gasteiger partial charge on any atom is 0.110 e. The number of aromatic amines is 1. The number of nitrogens with one attached hydrogen (secondary N) is 1. The van der Waals surface area contributed by atoms with E-state index < -0.39 is 0 Å². The molecule has 1 aliphatic rings. The van der Waals surface area contributed by atoms with Gasteiger partial charge in [-0.2, -0.15) is 11.8 Å². The molecule has 136 valence electrons. The highest BCUT2D eigenvalue weighted by Gasteiger charge is 2.17. The maximum absolute atomic E-state index is 5.67. The van der Waals surface area contributed by atoms with E-state index in [0.717, 1.165) is 30.5 Å². The Bertz CT molecular complexity index is 589. The standard InChI is InChI=1S/C20H30N4S/c21-8-5-17-6-11-24(12-7-17)13-14-25-16-19-3-1-18(2-4-19)15-20-22-9-10-23-20/h1-4,9-10,17H,5-8,11-16,21H2,(H,22,23). The van der Waals surface area contributed by atoms with Crippen LogP contribution in [0.25, 0.3) is 0 Å². The lowest BCUT2D eigenvalue weighted by Gasteiger charge is -2.31. The first-order chi connectivity index (χ1) is 12.3. The third-order valence-corrected chi connectivity index (χ3v) is 6.06. The predicted octanol–water partition coefficient (Wildman–Crippen LogP) is 3.29. The van der Waals surface area contributed by atoms with E-state index in [1.165, 1.54) is 55.8 Å². The molecule has 1 aromatic heterocycles. The summed E-state index contributed by atoms with van der Waals surface area (Å²) in [4.78, 5) is 10.1. The minimum absolute atomic E-state index is 0.848. The molecule has 0 amide bonds. The number of piperidine rings is 1. The maximum atomic E-state index is 5.67. The molecule has 1 fully saturated rings. The molecule has 0 saturated carbocycles. The highest BCUT2D eigenvalue weighted by Crippen LogP contribution is 2.20. The van der Waals surface area contributed by atoms with Crippen LogP contribution in [-0.4, -0.2) is 46.8 Å². The molecule has 1 aromatic carbocycles. The third kappa shape index (κ3) is 6.17. The van der Waals surface area contributed by atoms with Gasteiger partial charge in [-0.05, 0) is 55.9 Å². The summed E-state index contributed by atoms with van der Waals surface area (Å²) in [7, 11) is 0. The van der Waals surface area contributed by atoms with Crippen molar-refractivity contribution in [1.29, 1.82) is 0 Å². The van der Waals surface area contributed by atoms with Crippen LogP contribution < -0.4 is 5.73 Å². The van der Waals surface area contributed by atoms with Gasteiger partial charge < -0.3 is 15.6 Å². The fraction of sp³-hybridized carbons (Fsp3) is 0.550. The molecule has 3 rings (SSSR count). The minimum Gasteiger partial charge on any atom is -0.348 e. The van der Waals surface area contributed by atoms with Crippen LogP contribution in [0.3, 0.4) is 0 Å². The lowest BCUT2D eigenvalue weighted by molar-refractivity contribution is 0.189. The van der Waals surface area contributed by atoms with Crippen molar-refractivity contribution in [3.05, 3.63) is 53.6 Å². The number of thioether (sulfide) groups is 1. The van der Waals surface area contributed by atoms with Crippen LogP contribution in [0.4, 0.5) is 0 Å². The van der Waals surface area contributed by atoms with Gasteiger partial charge in [0.1, 0.15) is 5.82 Å². The van der Waals surface area contributed by atoms with Gasteiger partial charge >= 0.3 is 0 Å². The van der Waals surface area contributed by atoms with E-state index in [1.54, 1.807) is 6.20 Å². The molecule has 0 aliphatic carbocycles. The molecule has 5 heteroatoms. The minimum atomic E-state index is 0.848. The number of likely N-dealkylation sites (tertiary alicyclic amines) is 1. The van der Waals surface area contributed by atoms with E-state index in [-0.39, 0.29) is 0 Å². The first-order valence-corrected chi connectivity index (χ1v) is 10.5. The van der Waals surface area contributed by atoms with Crippen molar-refractivity contribution in [2.45, 2.75) is 31.4 Å². The van der Waals surface area contributed by atoms with Crippen molar-refractivity contribution in [3.63, 3.8) is 0 Å². The Morgan fingerprint density at radius 3 is 2.60 bits per heavy atom. The van der Waals surface area contributed by atoms with Gasteiger partial charge in [-0.15, -0.1) is 0 Å². The Kier molecular flexibility index (Phi) is 7.39. The summed E-state index contributed by atoms with van der Waals surface area (Å²) in [5, 5.41) is 0. The first kappa shape index (κ1) is 18.5. The lowest BCUT2D eigenvalue weighted by Crippen LogP contribution is -2.35. The fourth-order valence-corrected chi connectivity index (χ4v) is 4.42. The van der Waals surface area contributed by atoms with E-state index in [0.29, 0.717) is 0 Å². The van der Waals surface area contributed by atoms with Crippen molar-refractivity contribution in [1.82, 2.24) is 14.9 Å². The van der Waals surface area contributed by atoms with Crippen molar-refractivity contribution < 1.29 is 0 Å². The summed E-state index contributed by atoms with van der Waals surface area (Å²) >= 11 is 2.04. The molecule has 1 saturated heterocycles. The van der Waals surface area contributed by atoms with Gasteiger partial charge in [0.25, 0.3) is 0 Å². The fourth-order valence-electron chi connectivity index (χ4n) is 3.46. The topological polar surface area (TPSA) is 57.9 Å². The van der Waals surface area contributed by atoms with Gasteiger partial charge in [0.2, 0.25) is 0 Å². The molecule has 0 radical (unpaired) electrons. The quantitative estimate of drug-likeness (QED) is 0.675. The Balaban J connectivity index is 1.31. The number of H-pyrrole nitrogens is 1. The Morgan fingerprint density at radius 1 is 1.16 bits per heavy atom. The second-order valence-electron chi connectivity index (χ2n) is 6.94. The Labute approximate surface area is 155 Å². The first-order valence-electron chi connectivity index (χ1n) is 9.39. The third-order valence-electron chi connectivity index (χ3n) is 5.05. The average Bonchev–Trinajstić information content (AvgIpc) is 3.15. The summed E-state index contributed by atoms with van der Waals surface area (Å²) in [6, 6.07) is 8.95. The van der Waals surface area contributed by atoms with Crippen LogP contribution in [0.5, 0.6) is 0 Å². The van der Waals surface area contributed by atoms with E-state index in [2.05, 4.69) is 39.1 Å². The summed E-state index contributed by atoms with van der Waals surface area (Å²) in [6.07, 6.45) is 8.43. The molecule has 2 heterocycles. The number of nitrogens with zero attached hydrogens (tertiary/aromatic N) is 2. The average molecular weight is 359 g/mol. The van der Waals surface area contributed by atoms with Crippen LogP contribution in [0, 0.1) is 5.92 Å². The number of nitrogens with two attached hydrogens (primary N) is 1. The number of benzene rings is 1. The normalized spacial score (nSPS) is 16.4. The van der Waals surface area contributed by atoms with Gasteiger partial charge in [0.15, 0.2) is 0 Å². The predicted molar refractivity (Wildman–Crippen MR) is 107 cm³/mol. The monoisotopic (exact) mass is 358 g/mol. The summed E-state index contributed by atoms with van der Waals surface area (Å²) in [6.45, 7) is 4.58. The lowest BCUT2D eigenvalue weighted by atomic mass is 9.94. The molecule has 25 heavy (non-hydrogen) atoms. The zero-order valence-corrected chi connectivity index (χ0v) is 15.8. The second kappa shape index (κ2) is 10.00. The molecule has 3 N–H and O–H groups in total. The molecule has 0 atom stereocenters. The zero-order valence-electron chi connectivity index (χ0n) is 15.0. The number of rotatable bonds is 9. The van der Waals surface area contributed by atoms with Crippen LogP contribution in [0.2, 0.25) is 0 Å². The summed E-state index contributed by atoms with van der Waals surface area (Å²) in [5.74, 6) is 4.21. The number of hydrogen-bond acceptors (Lipinski definition) is 4. The van der Waals surface area contributed by atoms with Crippen molar-refractivity contribution >= 4 is 11.8 Å². The van der Waals surface area contributed by atoms with E-state index in [4.69, 9.17) is 5.73 Å². The van der Waals surface area contributed by atoms with E-state index >= 15 is 0 Å². The number of aromatic nitrogens is 2.